The Morgan fingerprint density at radius 2 is 2.13 bits per heavy atom. The van der Waals surface area contributed by atoms with Crippen LogP contribution in [0.15, 0.2) is 29.2 Å². The summed E-state index contributed by atoms with van der Waals surface area (Å²) >= 11 is 6.25. The molecule has 1 N–H and O–H groups in total. The first-order valence-electron chi connectivity index (χ1n) is 6.57. The summed E-state index contributed by atoms with van der Waals surface area (Å²) in [6, 6.07) is 7.27. The van der Waals surface area contributed by atoms with Gasteiger partial charge in [-0.1, -0.05) is 36.1 Å². The number of amides is 1. The molecule has 0 bridgehead atoms. The van der Waals surface area contributed by atoms with Crippen molar-refractivity contribution < 1.29 is 22.5 Å². The summed E-state index contributed by atoms with van der Waals surface area (Å²) in [5.74, 6) is -0.238. The van der Waals surface area contributed by atoms with Crippen molar-refractivity contribution in [3.63, 3.8) is 0 Å². The average molecular weight is 373 g/mol. The lowest BCUT2D eigenvalue weighted by Gasteiger charge is -2.13. The van der Waals surface area contributed by atoms with Gasteiger partial charge in [0, 0.05) is 6.54 Å². The Morgan fingerprint density at radius 1 is 1.43 bits per heavy atom. The summed E-state index contributed by atoms with van der Waals surface area (Å²) in [5.41, 5.74) is 1.55. The van der Waals surface area contributed by atoms with Crippen LogP contribution < -0.4 is 4.74 Å². The lowest BCUT2D eigenvalue weighted by Crippen LogP contribution is -2.32. The van der Waals surface area contributed by atoms with Gasteiger partial charge in [0.05, 0.1) is 17.8 Å². The van der Waals surface area contributed by atoms with E-state index in [9.17, 15) is 13.2 Å². The summed E-state index contributed by atoms with van der Waals surface area (Å²) in [7, 11) is -2.59. The summed E-state index contributed by atoms with van der Waals surface area (Å²) in [5, 5.41) is 0. The van der Waals surface area contributed by atoms with Crippen LogP contribution in [0.4, 0.5) is 0 Å². The molecule has 1 heterocycles. The van der Waals surface area contributed by atoms with Crippen LogP contribution in [0.5, 0.6) is 5.75 Å². The number of thioether (sulfide) groups is 1. The van der Waals surface area contributed by atoms with E-state index in [0.29, 0.717) is 10.7 Å². The van der Waals surface area contributed by atoms with Gasteiger partial charge in [-0.05, 0) is 30.2 Å². The van der Waals surface area contributed by atoms with E-state index in [2.05, 4.69) is 0 Å². The number of carbonyl (C=O) groups is 1. The first-order valence-corrected chi connectivity index (χ1v) is 9.40. The van der Waals surface area contributed by atoms with Crippen molar-refractivity contribution >= 4 is 49.9 Å². The standard InChI is InChI=1S/C14H15NO5S3/c1-9(10-4-3-5-11(8-10)20-2)12-13(16)15(14(21)22-12)6-7-23(17,18)19/h3-5,8H,6-7H2,1-2H3,(H,17,18,19)/b12-9-. The minimum Gasteiger partial charge on any atom is -0.497 e. The van der Waals surface area contributed by atoms with Gasteiger partial charge in [-0.3, -0.25) is 14.2 Å². The fourth-order valence-electron chi connectivity index (χ4n) is 2.02. The highest BCUT2D eigenvalue weighted by Crippen LogP contribution is 2.37. The Labute approximate surface area is 144 Å². The largest absolute Gasteiger partial charge is 0.497 e. The van der Waals surface area contributed by atoms with Crippen LogP contribution >= 0.6 is 24.0 Å². The summed E-state index contributed by atoms with van der Waals surface area (Å²) < 4.78 is 36.0. The van der Waals surface area contributed by atoms with Gasteiger partial charge in [-0.25, -0.2) is 0 Å². The van der Waals surface area contributed by atoms with Crippen molar-refractivity contribution in [2.45, 2.75) is 6.92 Å². The number of carbonyl (C=O) groups excluding carboxylic acids is 1. The highest BCUT2D eigenvalue weighted by Gasteiger charge is 2.34. The van der Waals surface area contributed by atoms with E-state index in [1.807, 2.05) is 12.1 Å². The number of allylic oxidation sites excluding steroid dienone is 1. The zero-order valence-corrected chi connectivity index (χ0v) is 14.9. The molecule has 0 aliphatic carbocycles. The first-order chi connectivity index (χ1) is 10.7. The number of benzene rings is 1. The number of nitrogens with zero attached hydrogens (tertiary/aromatic N) is 1. The molecule has 6 nitrogen and oxygen atoms in total. The molecule has 1 saturated heterocycles. The predicted octanol–water partition coefficient (Wildman–Crippen LogP) is 2.17. The van der Waals surface area contributed by atoms with Crippen molar-refractivity contribution in [1.29, 1.82) is 0 Å². The maximum atomic E-state index is 12.5. The van der Waals surface area contributed by atoms with Crippen molar-refractivity contribution in [2.24, 2.45) is 0 Å². The summed E-state index contributed by atoms with van der Waals surface area (Å²) in [6.45, 7) is 1.63. The Hall–Kier alpha value is -1.42. The van der Waals surface area contributed by atoms with Crippen LogP contribution in [0, 0.1) is 0 Å². The quantitative estimate of drug-likeness (QED) is 0.481. The maximum absolute atomic E-state index is 12.5. The zero-order valence-electron chi connectivity index (χ0n) is 12.5. The van der Waals surface area contributed by atoms with E-state index < -0.39 is 15.9 Å². The predicted molar refractivity (Wildman–Crippen MR) is 93.9 cm³/mol. The molecule has 9 heteroatoms. The van der Waals surface area contributed by atoms with E-state index in [1.165, 1.54) is 4.90 Å². The van der Waals surface area contributed by atoms with E-state index in [-0.39, 0.29) is 16.8 Å². The molecule has 0 atom stereocenters. The average Bonchev–Trinajstić information content (AvgIpc) is 2.78. The molecule has 1 aromatic carbocycles. The Bertz CT molecular complexity index is 785. The highest BCUT2D eigenvalue weighted by atomic mass is 32.2. The summed E-state index contributed by atoms with van der Waals surface area (Å²) in [4.78, 5) is 14.1. The van der Waals surface area contributed by atoms with Gasteiger partial charge in [-0.2, -0.15) is 8.42 Å². The number of methoxy groups -OCH3 is 1. The number of rotatable bonds is 5. The second-order valence-electron chi connectivity index (χ2n) is 4.80. The number of ether oxygens (including phenoxy) is 1. The molecular formula is C14H15NO5S3. The third kappa shape index (κ3) is 4.31. The Morgan fingerprint density at radius 3 is 2.74 bits per heavy atom. The molecule has 0 radical (unpaired) electrons. The van der Waals surface area contributed by atoms with Crippen molar-refractivity contribution in [2.75, 3.05) is 19.4 Å². The van der Waals surface area contributed by atoms with Crippen molar-refractivity contribution in [3.8, 4) is 5.75 Å². The van der Waals surface area contributed by atoms with Gasteiger partial charge in [0.1, 0.15) is 10.1 Å². The van der Waals surface area contributed by atoms with E-state index in [4.69, 9.17) is 21.5 Å². The fourth-order valence-corrected chi connectivity index (χ4v) is 3.78. The topological polar surface area (TPSA) is 83.9 Å². The molecule has 1 amide bonds. The SMILES string of the molecule is COc1cccc(/C(C)=C2\SC(=S)N(CCS(=O)(=O)O)C2=O)c1. The number of thiocarbonyl (C=S) groups is 1. The lowest BCUT2D eigenvalue weighted by atomic mass is 10.1. The summed E-state index contributed by atoms with van der Waals surface area (Å²) in [6.07, 6.45) is 0. The Balaban J connectivity index is 2.29. The molecule has 0 saturated carbocycles. The van der Waals surface area contributed by atoms with Crippen LogP contribution in [0.1, 0.15) is 12.5 Å². The minimum absolute atomic E-state index is 0.168. The number of hydrogen-bond donors (Lipinski definition) is 1. The first kappa shape index (κ1) is 17.9. The van der Waals surface area contributed by atoms with Gasteiger partial charge < -0.3 is 4.74 Å². The van der Waals surface area contributed by atoms with Crippen molar-refractivity contribution in [1.82, 2.24) is 4.90 Å². The van der Waals surface area contributed by atoms with Crippen LogP contribution in [0.3, 0.4) is 0 Å². The highest BCUT2D eigenvalue weighted by molar-refractivity contribution is 8.26. The van der Waals surface area contributed by atoms with Gasteiger partial charge in [-0.15, -0.1) is 0 Å². The monoisotopic (exact) mass is 373 g/mol. The second kappa shape index (κ2) is 7.00. The Kier molecular flexibility index (Phi) is 5.45. The minimum atomic E-state index is -4.15. The third-order valence-corrected chi connectivity index (χ3v) is 5.51. The third-order valence-electron chi connectivity index (χ3n) is 3.27. The van der Waals surface area contributed by atoms with Gasteiger partial charge in [0.15, 0.2) is 0 Å². The maximum Gasteiger partial charge on any atom is 0.266 e. The molecule has 0 spiro atoms. The van der Waals surface area contributed by atoms with E-state index in [0.717, 1.165) is 22.9 Å². The molecule has 23 heavy (non-hydrogen) atoms. The van der Waals surface area contributed by atoms with Gasteiger partial charge in [0.25, 0.3) is 16.0 Å². The second-order valence-corrected chi connectivity index (χ2v) is 8.01. The lowest BCUT2D eigenvalue weighted by molar-refractivity contribution is -0.121. The fraction of sp³-hybridized carbons (Fsp3) is 0.286. The van der Waals surface area contributed by atoms with Crippen LogP contribution in [0.2, 0.25) is 0 Å². The molecule has 1 aromatic rings. The van der Waals surface area contributed by atoms with Crippen LogP contribution in [-0.2, 0) is 14.9 Å². The molecule has 2 rings (SSSR count). The van der Waals surface area contributed by atoms with Crippen molar-refractivity contribution in [3.05, 3.63) is 34.7 Å². The smallest absolute Gasteiger partial charge is 0.266 e. The molecular weight excluding hydrogens is 358 g/mol. The normalized spacial score (nSPS) is 17.6. The molecule has 0 aromatic heterocycles. The molecule has 1 fully saturated rings. The van der Waals surface area contributed by atoms with E-state index >= 15 is 0 Å². The van der Waals surface area contributed by atoms with E-state index in [1.54, 1.807) is 26.2 Å². The molecule has 1 aliphatic rings. The van der Waals surface area contributed by atoms with Crippen LogP contribution in [0.25, 0.3) is 5.57 Å². The molecule has 0 unspecified atom stereocenters. The molecule has 1 aliphatic heterocycles. The van der Waals surface area contributed by atoms with Crippen LogP contribution in [-0.4, -0.2) is 47.5 Å². The van der Waals surface area contributed by atoms with Gasteiger partial charge >= 0.3 is 0 Å². The molecule has 124 valence electrons. The van der Waals surface area contributed by atoms with Gasteiger partial charge in [0.2, 0.25) is 0 Å². The zero-order chi connectivity index (χ0) is 17.2. The number of hydrogen-bond acceptors (Lipinski definition) is 6.